The lowest BCUT2D eigenvalue weighted by Gasteiger charge is -2.34. The zero-order valence-electron chi connectivity index (χ0n) is 18.0. The standard InChI is InChI=1S/C24H29N7/c1-30-10-12-31(13-11-30)22-6-9-26-24-19(22)15-21(27-24)23-18-14-17(2-3-20(18)28-29-23)16-4-7-25-8-5-16/h2-3,6,9,14-16,25H,4-5,7-8,10-13H2,1H3,(H,26,27)(H,28,29). The average molecular weight is 416 g/mol. The highest BCUT2D eigenvalue weighted by Crippen LogP contribution is 2.35. The van der Waals surface area contributed by atoms with E-state index in [1.165, 1.54) is 34.9 Å². The van der Waals surface area contributed by atoms with Crippen molar-refractivity contribution in [2.24, 2.45) is 0 Å². The molecule has 3 aromatic heterocycles. The Morgan fingerprint density at radius 2 is 1.81 bits per heavy atom. The van der Waals surface area contributed by atoms with Gasteiger partial charge in [-0.2, -0.15) is 5.10 Å². The number of aromatic amines is 2. The summed E-state index contributed by atoms with van der Waals surface area (Å²) in [5, 5.41) is 13.7. The summed E-state index contributed by atoms with van der Waals surface area (Å²) >= 11 is 0. The largest absolute Gasteiger partial charge is 0.368 e. The van der Waals surface area contributed by atoms with Gasteiger partial charge in [0.1, 0.15) is 11.3 Å². The van der Waals surface area contributed by atoms with Gasteiger partial charge in [0, 0.05) is 48.8 Å². The maximum absolute atomic E-state index is 4.68. The first-order valence-corrected chi connectivity index (χ1v) is 11.4. The van der Waals surface area contributed by atoms with Gasteiger partial charge in [-0.25, -0.2) is 4.98 Å². The predicted octanol–water partition coefficient (Wildman–Crippen LogP) is 3.33. The van der Waals surface area contributed by atoms with Gasteiger partial charge in [-0.15, -0.1) is 0 Å². The summed E-state index contributed by atoms with van der Waals surface area (Å²) in [6.07, 6.45) is 4.31. The third-order valence-electron chi connectivity index (χ3n) is 7.01. The van der Waals surface area contributed by atoms with Crippen LogP contribution in [0.1, 0.15) is 24.3 Å². The SMILES string of the molecule is CN1CCN(c2ccnc3[nH]c(-c4n[nH]c5ccc(C6CCNCC6)cc45)cc23)CC1. The van der Waals surface area contributed by atoms with E-state index in [0.717, 1.165) is 61.8 Å². The van der Waals surface area contributed by atoms with Gasteiger partial charge >= 0.3 is 0 Å². The molecule has 4 aromatic rings. The Kier molecular flexibility index (Phi) is 4.65. The van der Waals surface area contributed by atoms with E-state index in [-0.39, 0.29) is 0 Å². The molecule has 3 N–H and O–H groups in total. The van der Waals surface area contributed by atoms with Crippen LogP contribution in [-0.2, 0) is 0 Å². The number of H-pyrrole nitrogens is 2. The molecule has 7 heteroatoms. The molecule has 0 aliphatic carbocycles. The van der Waals surface area contributed by atoms with Crippen molar-refractivity contribution in [2.45, 2.75) is 18.8 Å². The van der Waals surface area contributed by atoms with Gasteiger partial charge < -0.3 is 20.1 Å². The van der Waals surface area contributed by atoms with Crippen LogP contribution in [0.5, 0.6) is 0 Å². The van der Waals surface area contributed by atoms with Crippen LogP contribution in [0.25, 0.3) is 33.3 Å². The summed E-state index contributed by atoms with van der Waals surface area (Å²) in [7, 11) is 2.19. The summed E-state index contributed by atoms with van der Waals surface area (Å²) in [4.78, 5) is 13.0. The molecule has 6 rings (SSSR count). The van der Waals surface area contributed by atoms with Crippen LogP contribution in [0.15, 0.2) is 36.5 Å². The minimum atomic E-state index is 0.626. The molecule has 1 aromatic carbocycles. The van der Waals surface area contributed by atoms with Crippen molar-refractivity contribution in [2.75, 3.05) is 51.2 Å². The molecule has 0 radical (unpaired) electrons. The molecule has 160 valence electrons. The van der Waals surface area contributed by atoms with Crippen LogP contribution in [0.2, 0.25) is 0 Å². The Bertz CT molecular complexity index is 1210. The molecule has 5 heterocycles. The fourth-order valence-corrected chi connectivity index (χ4v) is 5.11. The van der Waals surface area contributed by atoms with Crippen molar-refractivity contribution in [3.05, 3.63) is 42.1 Å². The van der Waals surface area contributed by atoms with E-state index in [9.17, 15) is 0 Å². The number of aromatic nitrogens is 4. The molecule has 0 saturated carbocycles. The molecule has 7 nitrogen and oxygen atoms in total. The molecule has 31 heavy (non-hydrogen) atoms. The Hall–Kier alpha value is -2.90. The number of benzene rings is 1. The van der Waals surface area contributed by atoms with E-state index in [1.807, 2.05) is 6.20 Å². The van der Waals surface area contributed by atoms with E-state index < -0.39 is 0 Å². The minimum Gasteiger partial charge on any atom is -0.368 e. The van der Waals surface area contributed by atoms with Gasteiger partial charge in [-0.05, 0) is 68.7 Å². The minimum absolute atomic E-state index is 0.626. The normalized spacial score (nSPS) is 18.9. The molecule has 2 fully saturated rings. The van der Waals surface area contributed by atoms with Crippen molar-refractivity contribution < 1.29 is 0 Å². The molecule has 0 amide bonds. The first-order chi connectivity index (χ1) is 15.3. The molecule has 2 saturated heterocycles. The van der Waals surface area contributed by atoms with Crippen molar-refractivity contribution in [3.63, 3.8) is 0 Å². The average Bonchev–Trinajstić information content (AvgIpc) is 3.43. The molecule has 0 spiro atoms. The maximum atomic E-state index is 4.68. The number of pyridine rings is 1. The summed E-state index contributed by atoms with van der Waals surface area (Å²) < 4.78 is 0. The molecule has 0 atom stereocenters. The number of hydrogen-bond acceptors (Lipinski definition) is 5. The number of likely N-dealkylation sites (N-methyl/N-ethyl adjacent to an activating group) is 1. The molecular weight excluding hydrogens is 386 g/mol. The number of anilines is 1. The second-order valence-corrected chi connectivity index (χ2v) is 8.97. The first kappa shape index (κ1) is 18.8. The molecule has 2 aliphatic rings. The Labute approximate surface area is 181 Å². The lowest BCUT2D eigenvalue weighted by Crippen LogP contribution is -2.44. The quantitative estimate of drug-likeness (QED) is 0.479. The van der Waals surface area contributed by atoms with Crippen molar-refractivity contribution >= 4 is 27.6 Å². The highest BCUT2D eigenvalue weighted by Gasteiger charge is 2.20. The van der Waals surface area contributed by atoms with Gasteiger partial charge in [0.25, 0.3) is 0 Å². The van der Waals surface area contributed by atoms with E-state index in [1.54, 1.807) is 0 Å². The zero-order valence-corrected chi connectivity index (χ0v) is 18.0. The van der Waals surface area contributed by atoms with Gasteiger partial charge in [0.2, 0.25) is 0 Å². The number of nitrogens with one attached hydrogen (secondary N) is 3. The summed E-state index contributed by atoms with van der Waals surface area (Å²) in [6, 6.07) is 11.1. The number of fused-ring (bicyclic) bond motifs is 2. The van der Waals surface area contributed by atoms with Crippen LogP contribution >= 0.6 is 0 Å². The number of hydrogen-bond donors (Lipinski definition) is 3. The monoisotopic (exact) mass is 415 g/mol. The van der Waals surface area contributed by atoms with E-state index in [2.05, 4.69) is 72.7 Å². The third-order valence-corrected chi connectivity index (χ3v) is 7.01. The second-order valence-electron chi connectivity index (χ2n) is 8.97. The summed E-state index contributed by atoms with van der Waals surface area (Å²) in [5.41, 5.74) is 6.70. The summed E-state index contributed by atoms with van der Waals surface area (Å²) in [5.74, 6) is 0.626. The number of piperazine rings is 1. The smallest absolute Gasteiger partial charge is 0.139 e. The van der Waals surface area contributed by atoms with E-state index in [0.29, 0.717) is 5.92 Å². The third kappa shape index (κ3) is 3.38. The lowest BCUT2D eigenvalue weighted by atomic mass is 9.89. The van der Waals surface area contributed by atoms with Gasteiger partial charge in [0.15, 0.2) is 0 Å². The van der Waals surface area contributed by atoms with Crippen LogP contribution in [0, 0.1) is 0 Å². The van der Waals surface area contributed by atoms with Crippen molar-refractivity contribution in [1.82, 2.24) is 30.4 Å². The number of nitrogens with zero attached hydrogens (tertiary/aromatic N) is 4. The Morgan fingerprint density at radius 1 is 0.968 bits per heavy atom. The Morgan fingerprint density at radius 3 is 2.65 bits per heavy atom. The fourth-order valence-electron chi connectivity index (χ4n) is 5.11. The maximum Gasteiger partial charge on any atom is 0.139 e. The first-order valence-electron chi connectivity index (χ1n) is 11.4. The zero-order chi connectivity index (χ0) is 20.8. The highest BCUT2D eigenvalue weighted by molar-refractivity contribution is 5.98. The number of rotatable bonds is 3. The molecular formula is C24H29N7. The topological polar surface area (TPSA) is 75.9 Å². The van der Waals surface area contributed by atoms with Gasteiger partial charge in [0.05, 0.1) is 11.2 Å². The van der Waals surface area contributed by atoms with Crippen molar-refractivity contribution in [3.8, 4) is 11.4 Å². The summed E-state index contributed by atoms with van der Waals surface area (Å²) in [6.45, 7) is 6.46. The lowest BCUT2D eigenvalue weighted by molar-refractivity contribution is 0.313. The van der Waals surface area contributed by atoms with Gasteiger partial charge in [-0.3, -0.25) is 5.10 Å². The number of piperidine rings is 1. The van der Waals surface area contributed by atoms with Crippen LogP contribution in [0.4, 0.5) is 5.69 Å². The van der Waals surface area contributed by atoms with Crippen molar-refractivity contribution in [1.29, 1.82) is 0 Å². The van der Waals surface area contributed by atoms with Crippen LogP contribution < -0.4 is 10.2 Å². The van der Waals surface area contributed by atoms with E-state index in [4.69, 9.17) is 0 Å². The van der Waals surface area contributed by atoms with Crippen LogP contribution in [-0.4, -0.2) is 71.4 Å². The highest BCUT2D eigenvalue weighted by atomic mass is 15.2. The Balaban J connectivity index is 1.40. The predicted molar refractivity (Wildman–Crippen MR) is 126 cm³/mol. The second kappa shape index (κ2) is 7.66. The van der Waals surface area contributed by atoms with E-state index >= 15 is 0 Å². The molecule has 0 bridgehead atoms. The molecule has 2 aliphatic heterocycles. The molecule has 0 unspecified atom stereocenters. The fraction of sp³-hybridized carbons (Fsp3) is 0.417. The van der Waals surface area contributed by atoms with Crippen LogP contribution in [0.3, 0.4) is 0 Å². The van der Waals surface area contributed by atoms with Gasteiger partial charge in [-0.1, -0.05) is 6.07 Å².